The second kappa shape index (κ2) is 10.1. The van der Waals surface area contributed by atoms with Crippen LogP contribution in [0.25, 0.3) is 0 Å². The summed E-state index contributed by atoms with van der Waals surface area (Å²) in [6, 6.07) is 0. The van der Waals surface area contributed by atoms with E-state index in [1.165, 1.54) is 34.8 Å². The fourth-order valence-corrected chi connectivity index (χ4v) is 3.69. The highest BCUT2D eigenvalue weighted by Gasteiger charge is 2.14. The van der Waals surface area contributed by atoms with Crippen molar-refractivity contribution in [1.82, 2.24) is 15.6 Å². The molecule has 1 aliphatic carbocycles. The Morgan fingerprint density at radius 3 is 2.81 bits per heavy atom. The van der Waals surface area contributed by atoms with Gasteiger partial charge in [-0.15, -0.1) is 23.7 Å². The molecule has 0 aliphatic heterocycles. The molecule has 120 valence electrons. The number of rotatable bonds is 8. The minimum atomic E-state index is 0. The lowest BCUT2D eigenvalue weighted by Gasteiger charge is -2.06. The molecule has 1 amide bonds. The van der Waals surface area contributed by atoms with E-state index in [4.69, 9.17) is 4.98 Å². The quantitative estimate of drug-likeness (QED) is 0.720. The predicted octanol–water partition coefficient (Wildman–Crippen LogP) is 2.49. The van der Waals surface area contributed by atoms with Crippen LogP contribution in [0.1, 0.15) is 47.7 Å². The van der Waals surface area contributed by atoms with Gasteiger partial charge in [-0.2, -0.15) is 0 Å². The van der Waals surface area contributed by atoms with Gasteiger partial charge in [-0.1, -0.05) is 0 Å². The number of carbonyl (C=O) groups is 1. The average Bonchev–Trinajstić information content (AvgIpc) is 2.86. The molecule has 0 saturated heterocycles. The molecular formula is C15H26ClN3OS. The summed E-state index contributed by atoms with van der Waals surface area (Å²) in [4.78, 5) is 17.8. The number of thiazole rings is 1. The van der Waals surface area contributed by atoms with Crippen molar-refractivity contribution in [3.05, 3.63) is 15.6 Å². The number of amides is 1. The van der Waals surface area contributed by atoms with E-state index in [1.807, 2.05) is 18.4 Å². The third-order valence-electron chi connectivity index (χ3n) is 3.61. The van der Waals surface area contributed by atoms with Crippen LogP contribution in [0, 0.1) is 0 Å². The molecule has 0 spiro atoms. The van der Waals surface area contributed by atoms with Gasteiger partial charge in [-0.3, -0.25) is 4.79 Å². The Morgan fingerprint density at radius 2 is 2.05 bits per heavy atom. The van der Waals surface area contributed by atoms with Gasteiger partial charge in [0.25, 0.3) is 0 Å². The zero-order valence-electron chi connectivity index (χ0n) is 12.7. The molecule has 21 heavy (non-hydrogen) atoms. The molecule has 4 nitrogen and oxygen atoms in total. The van der Waals surface area contributed by atoms with E-state index in [2.05, 4.69) is 10.6 Å². The zero-order chi connectivity index (χ0) is 14.2. The van der Waals surface area contributed by atoms with Gasteiger partial charge in [0.15, 0.2) is 0 Å². The molecular weight excluding hydrogens is 306 g/mol. The van der Waals surface area contributed by atoms with Crippen molar-refractivity contribution in [2.24, 2.45) is 0 Å². The van der Waals surface area contributed by atoms with Crippen LogP contribution in [0.15, 0.2) is 0 Å². The lowest BCUT2D eigenvalue weighted by Crippen LogP contribution is -2.25. The van der Waals surface area contributed by atoms with Crippen molar-refractivity contribution < 1.29 is 4.79 Å². The molecule has 0 saturated carbocycles. The largest absolute Gasteiger partial charge is 0.356 e. The third kappa shape index (κ3) is 6.32. The highest BCUT2D eigenvalue weighted by atomic mass is 35.5. The van der Waals surface area contributed by atoms with Crippen molar-refractivity contribution in [3.8, 4) is 0 Å². The summed E-state index contributed by atoms with van der Waals surface area (Å²) < 4.78 is 0. The number of nitrogens with one attached hydrogen (secondary N) is 2. The normalized spacial score (nSPS) is 13.4. The Morgan fingerprint density at radius 1 is 1.24 bits per heavy atom. The van der Waals surface area contributed by atoms with Crippen LogP contribution in [0.5, 0.6) is 0 Å². The maximum absolute atomic E-state index is 11.5. The van der Waals surface area contributed by atoms with Crippen LogP contribution in [-0.2, 0) is 24.1 Å². The number of aromatic nitrogens is 1. The van der Waals surface area contributed by atoms with Gasteiger partial charge in [0.05, 0.1) is 10.7 Å². The van der Waals surface area contributed by atoms with E-state index >= 15 is 0 Å². The van der Waals surface area contributed by atoms with E-state index in [9.17, 15) is 4.79 Å². The first kappa shape index (κ1) is 18.4. The van der Waals surface area contributed by atoms with Crippen LogP contribution < -0.4 is 10.6 Å². The van der Waals surface area contributed by atoms with Gasteiger partial charge in [0.1, 0.15) is 0 Å². The minimum Gasteiger partial charge on any atom is -0.356 e. The molecule has 0 radical (unpaired) electrons. The summed E-state index contributed by atoms with van der Waals surface area (Å²) in [5.74, 6) is 0.165. The third-order valence-corrected chi connectivity index (χ3v) is 4.83. The molecule has 0 atom stereocenters. The number of halogens is 1. The van der Waals surface area contributed by atoms with Crippen molar-refractivity contribution in [2.75, 3.05) is 20.1 Å². The van der Waals surface area contributed by atoms with Crippen molar-refractivity contribution >= 4 is 29.7 Å². The summed E-state index contributed by atoms with van der Waals surface area (Å²) in [5, 5.41) is 7.28. The summed E-state index contributed by atoms with van der Waals surface area (Å²) >= 11 is 1.88. The fourth-order valence-electron chi connectivity index (χ4n) is 2.49. The van der Waals surface area contributed by atoms with Gasteiger partial charge in [0, 0.05) is 24.3 Å². The van der Waals surface area contributed by atoms with Gasteiger partial charge in [-0.05, 0) is 52.1 Å². The summed E-state index contributed by atoms with van der Waals surface area (Å²) in [5.41, 5.74) is 1.34. The Balaban J connectivity index is 0.00000220. The molecule has 2 N–H and O–H groups in total. The molecule has 1 aromatic rings. The number of carbonyl (C=O) groups excluding carboxylic acids is 1. The minimum absolute atomic E-state index is 0. The van der Waals surface area contributed by atoms with Gasteiger partial charge in [0.2, 0.25) is 5.91 Å². The van der Waals surface area contributed by atoms with Crippen LogP contribution in [-0.4, -0.2) is 31.0 Å². The summed E-state index contributed by atoms with van der Waals surface area (Å²) in [6.07, 6.45) is 8.49. The first-order valence-electron chi connectivity index (χ1n) is 7.68. The molecule has 0 bridgehead atoms. The zero-order valence-corrected chi connectivity index (χ0v) is 14.4. The summed E-state index contributed by atoms with van der Waals surface area (Å²) in [6.45, 7) is 1.67. The number of hydrogen-bond donors (Lipinski definition) is 2. The van der Waals surface area contributed by atoms with E-state index < -0.39 is 0 Å². The number of nitrogens with zero attached hydrogens (tertiary/aromatic N) is 1. The molecule has 6 heteroatoms. The molecule has 1 aliphatic rings. The van der Waals surface area contributed by atoms with Crippen LogP contribution in [0.3, 0.4) is 0 Å². The van der Waals surface area contributed by atoms with Crippen LogP contribution in [0.4, 0.5) is 0 Å². The molecule has 0 aromatic carbocycles. The molecule has 1 aromatic heterocycles. The first-order chi connectivity index (χ1) is 9.79. The standard InChI is InChI=1S/C15H25N3OS.ClH/c1-16-10-4-8-14(19)17-11-5-9-15-18-12-6-2-3-7-13(12)20-15;/h16H,2-11H2,1H3,(H,17,19);1H. The molecule has 1 heterocycles. The number of aryl methyl sites for hydroxylation is 3. The van der Waals surface area contributed by atoms with Crippen molar-refractivity contribution in [3.63, 3.8) is 0 Å². The van der Waals surface area contributed by atoms with Crippen LogP contribution in [0.2, 0.25) is 0 Å². The lowest BCUT2D eigenvalue weighted by molar-refractivity contribution is -0.121. The average molecular weight is 332 g/mol. The molecule has 2 rings (SSSR count). The maximum atomic E-state index is 11.5. The second-order valence-electron chi connectivity index (χ2n) is 5.35. The fraction of sp³-hybridized carbons (Fsp3) is 0.733. The Hall–Kier alpha value is -0.650. The Kier molecular flexibility index (Phi) is 8.88. The van der Waals surface area contributed by atoms with E-state index in [0.29, 0.717) is 6.42 Å². The lowest BCUT2D eigenvalue weighted by atomic mass is 10.0. The highest BCUT2D eigenvalue weighted by molar-refractivity contribution is 7.11. The maximum Gasteiger partial charge on any atom is 0.220 e. The predicted molar refractivity (Wildman–Crippen MR) is 90.5 cm³/mol. The SMILES string of the molecule is CNCCCC(=O)NCCCc1nc2c(s1)CCCC2.Cl. The number of hydrogen-bond acceptors (Lipinski definition) is 4. The van der Waals surface area contributed by atoms with E-state index in [-0.39, 0.29) is 18.3 Å². The van der Waals surface area contributed by atoms with Gasteiger partial charge in [-0.25, -0.2) is 4.98 Å². The Labute approximate surface area is 137 Å². The van der Waals surface area contributed by atoms with Gasteiger partial charge >= 0.3 is 0 Å². The number of fused-ring (bicyclic) bond motifs is 1. The smallest absolute Gasteiger partial charge is 0.220 e. The van der Waals surface area contributed by atoms with Gasteiger partial charge < -0.3 is 10.6 Å². The monoisotopic (exact) mass is 331 g/mol. The topological polar surface area (TPSA) is 54.0 Å². The van der Waals surface area contributed by atoms with Crippen molar-refractivity contribution in [2.45, 2.75) is 51.4 Å². The van der Waals surface area contributed by atoms with E-state index in [0.717, 1.165) is 38.8 Å². The van der Waals surface area contributed by atoms with E-state index in [1.54, 1.807) is 0 Å². The Bertz CT molecular complexity index is 413. The highest BCUT2D eigenvalue weighted by Crippen LogP contribution is 2.27. The van der Waals surface area contributed by atoms with Crippen molar-refractivity contribution in [1.29, 1.82) is 0 Å². The van der Waals surface area contributed by atoms with Crippen LogP contribution >= 0.6 is 23.7 Å². The molecule has 0 unspecified atom stereocenters. The summed E-state index contributed by atoms with van der Waals surface area (Å²) in [7, 11) is 1.91. The second-order valence-corrected chi connectivity index (χ2v) is 6.51. The first-order valence-corrected chi connectivity index (χ1v) is 8.50. The molecule has 0 fully saturated rings.